The molecule has 1 aromatic heterocycles. The highest BCUT2D eigenvalue weighted by molar-refractivity contribution is 6.07. The molecule has 2 aromatic carbocycles. The van der Waals surface area contributed by atoms with E-state index in [-0.39, 0.29) is 5.56 Å². The quantitative estimate of drug-likeness (QED) is 0.239. The van der Waals surface area contributed by atoms with Gasteiger partial charge in [0, 0.05) is 24.5 Å². The summed E-state index contributed by atoms with van der Waals surface area (Å²) in [6.07, 6.45) is 0.262. The van der Waals surface area contributed by atoms with Crippen molar-refractivity contribution in [2.45, 2.75) is 44.8 Å². The zero-order valence-corrected chi connectivity index (χ0v) is 27.1. The fourth-order valence-corrected chi connectivity index (χ4v) is 4.89. The molecule has 0 aliphatic carbocycles. The standard InChI is InChI=1S/C34H39F2N5O7/c1-33(2,3)48-32(44)39-12-13-45-14-15-46-16-17-47-26-7-4-23(5-8-26)24-6-9-29-28(18-24)27(10-11-38-29)31(43)40-21-30(42)41-22-34(35,36)19-25(41)20-37/h4-11,18,25H,12-17,19,21-22H2,1-3H3,(H,39,44)(H,40,43)/t25-/m0/s1. The molecule has 1 fully saturated rings. The molecule has 4 rings (SSSR count). The molecule has 2 N–H and O–H groups in total. The van der Waals surface area contributed by atoms with Crippen molar-refractivity contribution in [1.82, 2.24) is 20.5 Å². The summed E-state index contributed by atoms with van der Waals surface area (Å²) in [5.41, 5.74) is 1.95. The molecule has 256 valence electrons. The van der Waals surface area contributed by atoms with Gasteiger partial charge in [0.1, 0.15) is 24.0 Å². The molecule has 1 aliphatic heterocycles. The van der Waals surface area contributed by atoms with Crippen LogP contribution >= 0.6 is 0 Å². The maximum absolute atomic E-state index is 13.7. The number of nitrogens with zero attached hydrogens (tertiary/aromatic N) is 3. The Morgan fingerprint density at radius 2 is 1.67 bits per heavy atom. The van der Waals surface area contributed by atoms with Gasteiger partial charge in [-0.25, -0.2) is 13.6 Å². The first kappa shape index (κ1) is 36.0. The van der Waals surface area contributed by atoms with Gasteiger partial charge in [-0.3, -0.25) is 14.6 Å². The second kappa shape index (κ2) is 16.3. The number of pyridine rings is 1. The molecule has 1 aliphatic rings. The number of hydrogen-bond acceptors (Lipinski definition) is 9. The van der Waals surface area contributed by atoms with Crippen molar-refractivity contribution in [3.05, 3.63) is 60.3 Å². The molecule has 0 saturated carbocycles. The minimum Gasteiger partial charge on any atom is -0.491 e. The van der Waals surface area contributed by atoms with Crippen LogP contribution in [-0.2, 0) is 19.0 Å². The lowest BCUT2D eigenvalue weighted by molar-refractivity contribution is -0.131. The molecule has 0 bridgehead atoms. The van der Waals surface area contributed by atoms with Gasteiger partial charge in [-0.05, 0) is 62.2 Å². The topological polar surface area (TPSA) is 152 Å². The Balaban J connectivity index is 1.22. The minimum absolute atomic E-state index is 0.265. The summed E-state index contributed by atoms with van der Waals surface area (Å²) in [6.45, 7) is 6.12. The normalized spacial score (nSPS) is 15.5. The van der Waals surface area contributed by atoms with Gasteiger partial charge in [0.05, 0.1) is 56.7 Å². The smallest absolute Gasteiger partial charge is 0.407 e. The maximum Gasteiger partial charge on any atom is 0.407 e. The number of nitriles is 1. The van der Waals surface area contributed by atoms with Crippen molar-refractivity contribution in [3.8, 4) is 22.9 Å². The highest BCUT2D eigenvalue weighted by Gasteiger charge is 2.47. The van der Waals surface area contributed by atoms with Gasteiger partial charge in [-0.2, -0.15) is 5.26 Å². The van der Waals surface area contributed by atoms with Crippen LogP contribution in [0.3, 0.4) is 0 Å². The van der Waals surface area contributed by atoms with E-state index in [9.17, 15) is 23.2 Å². The van der Waals surface area contributed by atoms with Gasteiger partial charge in [-0.15, -0.1) is 0 Å². The first-order valence-electron chi connectivity index (χ1n) is 15.4. The second-order valence-corrected chi connectivity index (χ2v) is 12.0. The number of alkyl halides is 2. The first-order valence-corrected chi connectivity index (χ1v) is 15.4. The molecule has 12 nitrogen and oxygen atoms in total. The Morgan fingerprint density at radius 3 is 2.38 bits per heavy atom. The molecule has 0 spiro atoms. The van der Waals surface area contributed by atoms with Crippen molar-refractivity contribution < 1.29 is 42.1 Å². The van der Waals surface area contributed by atoms with E-state index in [2.05, 4.69) is 15.6 Å². The molecule has 0 radical (unpaired) electrons. The number of alkyl carbamates (subject to hydrolysis) is 1. The van der Waals surface area contributed by atoms with E-state index in [1.807, 2.05) is 36.4 Å². The third-order valence-corrected chi connectivity index (χ3v) is 7.10. The van der Waals surface area contributed by atoms with Crippen LogP contribution in [0.1, 0.15) is 37.6 Å². The van der Waals surface area contributed by atoms with Crippen molar-refractivity contribution in [2.75, 3.05) is 52.7 Å². The van der Waals surface area contributed by atoms with Gasteiger partial charge < -0.3 is 34.5 Å². The Bertz CT molecular complexity index is 1620. The molecule has 3 aromatic rings. The molecule has 48 heavy (non-hydrogen) atoms. The molecule has 2 heterocycles. The third kappa shape index (κ3) is 10.6. The van der Waals surface area contributed by atoms with Crippen LogP contribution in [0.2, 0.25) is 0 Å². The SMILES string of the molecule is CC(C)(C)OC(=O)NCCOCCOCCOc1ccc(-c2ccc3nccc(C(=O)NCC(=O)N4CC(F)(F)C[C@H]4C#N)c3c2)cc1. The van der Waals surface area contributed by atoms with E-state index >= 15 is 0 Å². The lowest BCUT2D eigenvalue weighted by Gasteiger charge is -2.19. The van der Waals surface area contributed by atoms with Crippen LogP contribution in [0.15, 0.2) is 54.7 Å². The lowest BCUT2D eigenvalue weighted by Crippen LogP contribution is -2.43. The van der Waals surface area contributed by atoms with Gasteiger partial charge in [0.15, 0.2) is 0 Å². The number of hydrogen-bond donors (Lipinski definition) is 2. The van der Waals surface area contributed by atoms with E-state index in [0.717, 1.165) is 16.0 Å². The highest BCUT2D eigenvalue weighted by Crippen LogP contribution is 2.32. The molecule has 0 unspecified atom stereocenters. The van der Waals surface area contributed by atoms with E-state index in [4.69, 9.17) is 24.2 Å². The monoisotopic (exact) mass is 667 g/mol. The predicted molar refractivity (Wildman–Crippen MR) is 172 cm³/mol. The Labute approximate surface area is 277 Å². The van der Waals surface area contributed by atoms with E-state index in [1.165, 1.54) is 12.3 Å². The van der Waals surface area contributed by atoms with Crippen LogP contribution < -0.4 is 15.4 Å². The number of fused-ring (bicyclic) bond motifs is 1. The Kier molecular flexibility index (Phi) is 12.2. The summed E-state index contributed by atoms with van der Waals surface area (Å²) in [5.74, 6) is -3.82. The fourth-order valence-electron chi connectivity index (χ4n) is 4.89. The first-order chi connectivity index (χ1) is 22.8. The van der Waals surface area contributed by atoms with Crippen LogP contribution in [-0.4, -0.2) is 98.0 Å². The van der Waals surface area contributed by atoms with Crippen LogP contribution in [0, 0.1) is 11.3 Å². The summed E-state index contributed by atoms with van der Waals surface area (Å²) in [6, 6.07) is 14.9. The van der Waals surface area contributed by atoms with Gasteiger partial charge >= 0.3 is 6.09 Å². The average Bonchev–Trinajstić information content (AvgIpc) is 3.37. The average molecular weight is 668 g/mol. The molecule has 14 heteroatoms. The molecule has 3 amide bonds. The minimum atomic E-state index is -3.14. The predicted octanol–water partition coefficient (Wildman–Crippen LogP) is 4.33. The number of carbonyl (C=O) groups excluding carboxylic acids is 3. The molecular weight excluding hydrogens is 628 g/mol. The van der Waals surface area contributed by atoms with Crippen molar-refractivity contribution >= 4 is 28.8 Å². The number of nitrogens with one attached hydrogen (secondary N) is 2. The third-order valence-electron chi connectivity index (χ3n) is 7.10. The molecule has 1 atom stereocenters. The Morgan fingerprint density at radius 1 is 0.979 bits per heavy atom. The lowest BCUT2D eigenvalue weighted by atomic mass is 10.0. The Hall–Kier alpha value is -4.87. The number of aromatic nitrogens is 1. The number of ether oxygens (including phenoxy) is 4. The summed E-state index contributed by atoms with van der Waals surface area (Å²) in [5, 5.41) is 14.8. The summed E-state index contributed by atoms with van der Waals surface area (Å²) in [7, 11) is 0. The maximum atomic E-state index is 13.7. The van der Waals surface area contributed by atoms with E-state index < -0.39 is 55.0 Å². The van der Waals surface area contributed by atoms with Crippen molar-refractivity contribution in [3.63, 3.8) is 0 Å². The number of likely N-dealkylation sites (tertiary alicyclic amines) is 1. The van der Waals surface area contributed by atoms with Crippen LogP contribution in [0.25, 0.3) is 22.0 Å². The summed E-state index contributed by atoms with van der Waals surface area (Å²) < 4.78 is 49.3. The van der Waals surface area contributed by atoms with E-state index in [0.29, 0.717) is 56.2 Å². The number of benzene rings is 2. The van der Waals surface area contributed by atoms with Crippen LogP contribution in [0.4, 0.5) is 13.6 Å². The molecule has 1 saturated heterocycles. The molecular formula is C34H39F2N5O7. The number of amides is 3. The number of halogens is 2. The summed E-state index contributed by atoms with van der Waals surface area (Å²) >= 11 is 0. The summed E-state index contributed by atoms with van der Waals surface area (Å²) in [4.78, 5) is 42.3. The van der Waals surface area contributed by atoms with Gasteiger partial charge in [0.2, 0.25) is 5.91 Å². The number of rotatable bonds is 14. The van der Waals surface area contributed by atoms with E-state index in [1.54, 1.807) is 32.9 Å². The zero-order valence-electron chi connectivity index (χ0n) is 27.1. The number of carbonyl (C=O) groups is 3. The van der Waals surface area contributed by atoms with Gasteiger partial charge in [0.25, 0.3) is 11.8 Å². The second-order valence-electron chi connectivity index (χ2n) is 12.0. The zero-order chi connectivity index (χ0) is 34.7. The largest absolute Gasteiger partial charge is 0.491 e. The van der Waals surface area contributed by atoms with Crippen molar-refractivity contribution in [2.24, 2.45) is 0 Å². The van der Waals surface area contributed by atoms with Crippen molar-refractivity contribution in [1.29, 1.82) is 5.26 Å². The van der Waals surface area contributed by atoms with Crippen LogP contribution in [0.5, 0.6) is 5.75 Å². The van der Waals surface area contributed by atoms with Gasteiger partial charge in [-0.1, -0.05) is 18.2 Å². The fraction of sp³-hybridized carbons (Fsp3) is 0.441. The highest BCUT2D eigenvalue weighted by atomic mass is 19.3.